The molecule has 0 N–H and O–H groups in total. The number of hydrogen-bond donors (Lipinski definition) is 0. The first-order valence-corrected chi connectivity index (χ1v) is 24.9. The zero-order valence-electron chi connectivity index (χ0n) is 40.6. The molecule has 13 rings (SSSR count). The highest BCUT2D eigenvalue weighted by molar-refractivity contribution is 6.14. The van der Waals surface area contributed by atoms with Gasteiger partial charge in [0.2, 0.25) is 0 Å². The highest BCUT2D eigenvalue weighted by atomic mass is 19.4. The fourth-order valence-electron chi connectivity index (χ4n) is 11.0. The van der Waals surface area contributed by atoms with E-state index < -0.39 is 11.7 Å². The van der Waals surface area contributed by atoms with E-state index in [-0.39, 0.29) is 5.56 Å². The molecule has 0 saturated heterocycles. The molecule has 0 atom stereocenters. The minimum absolute atomic E-state index is 0.126. The number of halogens is 3. The van der Waals surface area contributed by atoms with Gasteiger partial charge in [-0.25, -0.2) is 0 Å². The summed E-state index contributed by atoms with van der Waals surface area (Å²) in [4.78, 5) is 0. The van der Waals surface area contributed by atoms with Gasteiger partial charge in [-0.1, -0.05) is 158 Å². The molecule has 0 radical (unpaired) electrons. The van der Waals surface area contributed by atoms with Crippen molar-refractivity contribution in [1.82, 2.24) is 9.13 Å². The monoisotopic (exact) mass is 982 g/mol. The van der Waals surface area contributed by atoms with Crippen molar-refractivity contribution in [2.45, 2.75) is 6.18 Å². The molecule has 13 aromatic rings. The third-order valence-corrected chi connectivity index (χ3v) is 14.6. The smallest absolute Gasteiger partial charge is 0.309 e. The summed E-state index contributed by atoms with van der Waals surface area (Å²) in [6, 6.07) is 86.4. The summed E-state index contributed by atoms with van der Waals surface area (Å²) in [5.74, 6) is 0. The zero-order chi connectivity index (χ0) is 51.5. The molecule has 76 heavy (non-hydrogen) atoms. The molecule has 0 fully saturated rings. The van der Waals surface area contributed by atoms with Crippen molar-refractivity contribution in [2.75, 3.05) is 0 Å². The SMILES string of the molecule is N#Cc1ccc(-n2c3ccc(-c4ccccc4)cc3c3cc(-c4ccccc4)ccc32)c(-c2cc(-n3c4ccc(-c5ccccc5)cc4c4cc(-c5ccccc5)ccc43)ccc2-c2ccc(C(F)(F)F)cc2C#N)c1. The lowest BCUT2D eigenvalue weighted by Crippen LogP contribution is -2.06. The highest BCUT2D eigenvalue weighted by Gasteiger charge is 2.32. The summed E-state index contributed by atoms with van der Waals surface area (Å²) < 4.78 is 47.5. The van der Waals surface area contributed by atoms with Gasteiger partial charge in [0, 0.05) is 38.4 Å². The Hall–Kier alpha value is -10.2. The Balaban J connectivity index is 1.11. The third kappa shape index (κ3) is 7.87. The number of rotatable bonds is 8. The molecule has 0 aliphatic heterocycles. The van der Waals surface area contributed by atoms with Crippen LogP contribution in [0.5, 0.6) is 0 Å². The lowest BCUT2D eigenvalue weighted by molar-refractivity contribution is -0.137. The number of benzene rings is 11. The molecule has 0 saturated carbocycles. The Kier molecular flexibility index (Phi) is 11.0. The molecule has 0 unspecified atom stereocenters. The van der Waals surface area contributed by atoms with Crippen LogP contribution in [0.2, 0.25) is 0 Å². The van der Waals surface area contributed by atoms with Crippen molar-refractivity contribution >= 4 is 43.6 Å². The van der Waals surface area contributed by atoms with E-state index in [1.807, 2.05) is 97.1 Å². The second-order valence-corrected chi connectivity index (χ2v) is 19.0. The number of nitriles is 2. The number of fused-ring (bicyclic) bond motifs is 6. The fourth-order valence-corrected chi connectivity index (χ4v) is 11.0. The molecule has 2 heterocycles. The summed E-state index contributed by atoms with van der Waals surface area (Å²) >= 11 is 0. The summed E-state index contributed by atoms with van der Waals surface area (Å²) in [6.07, 6.45) is -4.67. The normalized spacial score (nSPS) is 11.6. The maximum atomic E-state index is 14.3. The topological polar surface area (TPSA) is 57.4 Å². The van der Waals surface area contributed by atoms with Crippen LogP contribution in [0.15, 0.2) is 249 Å². The summed E-state index contributed by atoms with van der Waals surface area (Å²) in [5, 5.41) is 25.4. The van der Waals surface area contributed by atoms with Gasteiger partial charge in [-0.15, -0.1) is 0 Å². The molecule has 7 heteroatoms. The Morgan fingerprint density at radius 3 is 1.14 bits per heavy atom. The van der Waals surface area contributed by atoms with E-state index in [1.165, 1.54) is 6.07 Å². The van der Waals surface area contributed by atoms with Crippen LogP contribution in [0.4, 0.5) is 13.2 Å². The van der Waals surface area contributed by atoms with Gasteiger partial charge in [0.15, 0.2) is 0 Å². The van der Waals surface area contributed by atoms with E-state index in [1.54, 1.807) is 6.07 Å². The quantitative estimate of drug-likeness (QED) is 0.152. The van der Waals surface area contributed by atoms with Gasteiger partial charge in [-0.3, -0.25) is 0 Å². The van der Waals surface area contributed by atoms with Crippen molar-refractivity contribution in [3.8, 4) is 90.3 Å². The van der Waals surface area contributed by atoms with Crippen molar-refractivity contribution < 1.29 is 13.2 Å². The lowest BCUT2D eigenvalue weighted by Gasteiger charge is -2.20. The lowest BCUT2D eigenvalue weighted by atomic mass is 9.89. The van der Waals surface area contributed by atoms with E-state index in [0.29, 0.717) is 27.8 Å². The summed E-state index contributed by atoms with van der Waals surface area (Å²) in [7, 11) is 0. The molecule has 0 spiro atoms. The maximum absolute atomic E-state index is 14.3. The molecule has 4 nitrogen and oxygen atoms in total. The Morgan fingerprint density at radius 2 is 0.737 bits per heavy atom. The molecular formula is C69H41F3N4. The minimum atomic E-state index is -4.67. The zero-order valence-corrected chi connectivity index (χ0v) is 40.6. The van der Waals surface area contributed by atoms with E-state index in [4.69, 9.17) is 0 Å². The third-order valence-electron chi connectivity index (χ3n) is 14.6. The van der Waals surface area contributed by atoms with Gasteiger partial charge < -0.3 is 9.13 Å². The fraction of sp³-hybridized carbons (Fsp3) is 0.0145. The first-order chi connectivity index (χ1) is 37.2. The molecule has 2 aromatic heterocycles. The predicted molar refractivity (Wildman–Crippen MR) is 302 cm³/mol. The first kappa shape index (κ1) is 45.6. The molecular weight excluding hydrogens is 942 g/mol. The number of alkyl halides is 3. The number of hydrogen-bond acceptors (Lipinski definition) is 2. The highest BCUT2D eigenvalue weighted by Crippen LogP contribution is 2.46. The number of aromatic nitrogens is 2. The predicted octanol–water partition coefficient (Wildman–Crippen LogP) is 18.6. The van der Waals surface area contributed by atoms with Gasteiger partial charge in [-0.05, 0) is 147 Å². The molecule has 11 aromatic carbocycles. The Bertz CT molecular complexity index is 4310. The average molecular weight is 983 g/mol. The first-order valence-electron chi connectivity index (χ1n) is 24.9. The van der Waals surface area contributed by atoms with Crippen LogP contribution < -0.4 is 0 Å². The standard InChI is InChI=1S/C69H41F3N4/c70-69(71,72)54-26-28-56(53(36-54)43-74)57-29-27-55(75-64-31-22-49(45-13-5-1-6-14-45)37-60(64)61-38-50(23-32-65(61)75)46-15-7-2-8-16-46)41-58(57)59-35-44(42-73)21-30-66(59)76-67-33-24-51(47-17-9-3-10-18-47)39-62(67)63-40-52(25-34-68(63)76)48-19-11-4-12-20-48/h1-41H. The van der Waals surface area contributed by atoms with Crippen molar-refractivity contribution in [2.24, 2.45) is 0 Å². The second-order valence-electron chi connectivity index (χ2n) is 19.0. The number of nitrogens with zero attached hydrogens (tertiary/aromatic N) is 4. The van der Waals surface area contributed by atoms with Crippen LogP contribution in [-0.4, -0.2) is 9.13 Å². The molecule has 358 valence electrons. The van der Waals surface area contributed by atoms with Gasteiger partial charge in [0.05, 0.1) is 56.6 Å². The van der Waals surface area contributed by atoms with Crippen LogP contribution in [-0.2, 0) is 6.18 Å². The largest absolute Gasteiger partial charge is 0.416 e. The molecule has 0 bridgehead atoms. The van der Waals surface area contributed by atoms with E-state index in [0.717, 1.165) is 112 Å². The minimum Gasteiger partial charge on any atom is -0.309 e. The average Bonchev–Trinajstić information content (AvgIpc) is 4.06. The van der Waals surface area contributed by atoms with Crippen LogP contribution in [0.1, 0.15) is 16.7 Å². The summed E-state index contributed by atoms with van der Waals surface area (Å²) in [5.41, 5.74) is 15.3. The van der Waals surface area contributed by atoms with E-state index >= 15 is 0 Å². The van der Waals surface area contributed by atoms with Crippen molar-refractivity contribution in [1.29, 1.82) is 10.5 Å². The maximum Gasteiger partial charge on any atom is 0.416 e. The Labute approximate surface area is 436 Å². The Morgan fingerprint density at radius 1 is 0.316 bits per heavy atom. The molecule has 0 aliphatic carbocycles. The van der Waals surface area contributed by atoms with Crippen molar-refractivity contribution in [3.05, 3.63) is 265 Å². The van der Waals surface area contributed by atoms with Gasteiger partial charge in [0.25, 0.3) is 0 Å². The summed E-state index contributed by atoms with van der Waals surface area (Å²) in [6.45, 7) is 0. The van der Waals surface area contributed by atoms with Crippen LogP contribution in [0.25, 0.3) is 122 Å². The molecule has 0 amide bonds. The van der Waals surface area contributed by atoms with Crippen LogP contribution in [0.3, 0.4) is 0 Å². The van der Waals surface area contributed by atoms with E-state index in [2.05, 4.69) is 149 Å². The van der Waals surface area contributed by atoms with Crippen molar-refractivity contribution in [3.63, 3.8) is 0 Å². The molecule has 0 aliphatic rings. The van der Waals surface area contributed by atoms with Gasteiger partial charge >= 0.3 is 6.18 Å². The van der Waals surface area contributed by atoms with Gasteiger partial charge in [0.1, 0.15) is 0 Å². The van der Waals surface area contributed by atoms with E-state index in [9.17, 15) is 23.7 Å². The van der Waals surface area contributed by atoms with Crippen LogP contribution in [0, 0.1) is 22.7 Å². The van der Waals surface area contributed by atoms with Gasteiger partial charge in [-0.2, -0.15) is 23.7 Å². The second kappa shape index (κ2) is 18.4. The van der Waals surface area contributed by atoms with Crippen LogP contribution >= 0.6 is 0 Å².